The molecule has 5 nitrogen and oxygen atoms in total. The predicted molar refractivity (Wildman–Crippen MR) is 107 cm³/mol. The number of rotatable bonds is 2. The molecule has 2 aromatic rings. The lowest BCUT2D eigenvalue weighted by Crippen LogP contribution is -2.48. The van der Waals surface area contributed by atoms with Crippen LogP contribution in [0.5, 0.6) is 0 Å². The minimum Gasteiger partial charge on any atom is -0.388 e. The zero-order valence-corrected chi connectivity index (χ0v) is 16.0. The van der Waals surface area contributed by atoms with Gasteiger partial charge in [-0.1, -0.05) is 52.7 Å². The third kappa shape index (κ3) is 3.93. The average Bonchev–Trinajstić information content (AvgIpc) is 3.06. The third-order valence-corrected chi connectivity index (χ3v) is 5.50. The van der Waals surface area contributed by atoms with Crippen molar-refractivity contribution in [2.24, 2.45) is 5.16 Å². The molecule has 2 aliphatic rings. The van der Waals surface area contributed by atoms with E-state index in [-0.39, 0.29) is 11.6 Å². The van der Waals surface area contributed by atoms with Crippen molar-refractivity contribution in [3.05, 3.63) is 64.7 Å². The summed E-state index contributed by atoms with van der Waals surface area (Å²) in [6.45, 7) is 3.36. The quantitative estimate of drug-likeness (QED) is 0.806. The molecule has 0 radical (unpaired) electrons. The standard InChI is InChI=1S/C21H22ClN3O2/c1-15-5-7-16(8-6-15)19-14-21(27-24-19)9-11-25(12-10-21)20(26)23-18-4-2-3-17(22)13-18/h2-8,13H,9-12,14H2,1H3,(H,23,26). The first kappa shape index (κ1) is 17.9. The smallest absolute Gasteiger partial charge is 0.321 e. The Bertz CT molecular complexity index is 871. The van der Waals surface area contributed by atoms with Crippen LogP contribution in [0.2, 0.25) is 5.02 Å². The number of likely N-dealkylation sites (tertiary alicyclic amines) is 1. The van der Waals surface area contributed by atoms with E-state index in [1.807, 2.05) is 17.0 Å². The van der Waals surface area contributed by atoms with E-state index < -0.39 is 0 Å². The maximum absolute atomic E-state index is 12.5. The van der Waals surface area contributed by atoms with E-state index in [4.69, 9.17) is 16.4 Å². The Hall–Kier alpha value is -2.53. The molecule has 1 fully saturated rings. The van der Waals surface area contributed by atoms with Gasteiger partial charge in [0.25, 0.3) is 0 Å². The summed E-state index contributed by atoms with van der Waals surface area (Å²) in [5.41, 5.74) is 3.75. The number of urea groups is 1. The fraction of sp³-hybridized carbons (Fsp3) is 0.333. The van der Waals surface area contributed by atoms with Gasteiger partial charge in [0, 0.05) is 43.1 Å². The maximum Gasteiger partial charge on any atom is 0.321 e. The van der Waals surface area contributed by atoms with Gasteiger partial charge in [-0.3, -0.25) is 0 Å². The summed E-state index contributed by atoms with van der Waals surface area (Å²) < 4.78 is 0. The molecule has 1 spiro atoms. The van der Waals surface area contributed by atoms with Crippen LogP contribution in [0.15, 0.2) is 53.7 Å². The van der Waals surface area contributed by atoms with E-state index in [9.17, 15) is 4.79 Å². The summed E-state index contributed by atoms with van der Waals surface area (Å²) >= 11 is 5.97. The second-order valence-electron chi connectivity index (χ2n) is 7.28. The van der Waals surface area contributed by atoms with E-state index >= 15 is 0 Å². The molecule has 6 heteroatoms. The second-order valence-corrected chi connectivity index (χ2v) is 7.72. The van der Waals surface area contributed by atoms with E-state index in [0.29, 0.717) is 23.8 Å². The van der Waals surface area contributed by atoms with Gasteiger partial charge in [0.05, 0.1) is 5.71 Å². The van der Waals surface area contributed by atoms with Crippen LogP contribution < -0.4 is 5.32 Å². The molecule has 2 aliphatic heterocycles. The fourth-order valence-corrected chi connectivity index (χ4v) is 3.77. The molecule has 1 saturated heterocycles. The van der Waals surface area contributed by atoms with Crippen molar-refractivity contribution in [2.75, 3.05) is 18.4 Å². The lowest BCUT2D eigenvalue weighted by atomic mass is 9.85. The largest absolute Gasteiger partial charge is 0.388 e. The van der Waals surface area contributed by atoms with Gasteiger partial charge in [0.2, 0.25) is 0 Å². The lowest BCUT2D eigenvalue weighted by Gasteiger charge is -2.37. The summed E-state index contributed by atoms with van der Waals surface area (Å²) in [4.78, 5) is 20.2. The Labute approximate surface area is 163 Å². The zero-order chi connectivity index (χ0) is 18.9. The van der Waals surface area contributed by atoms with Gasteiger partial charge < -0.3 is 15.1 Å². The number of amides is 2. The van der Waals surface area contributed by atoms with Gasteiger partial charge in [-0.2, -0.15) is 0 Å². The molecule has 140 valence electrons. The third-order valence-electron chi connectivity index (χ3n) is 5.26. The Morgan fingerprint density at radius 2 is 1.93 bits per heavy atom. The molecule has 27 heavy (non-hydrogen) atoms. The van der Waals surface area contributed by atoms with Crippen molar-refractivity contribution < 1.29 is 9.63 Å². The van der Waals surface area contributed by atoms with Crippen molar-refractivity contribution in [3.63, 3.8) is 0 Å². The number of hydrogen-bond donors (Lipinski definition) is 1. The Morgan fingerprint density at radius 1 is 1.19 bits per heavy atom. The number of nitrogens with zero attached hydrogens (tertiary/aromatic N) is 2. The minimum absolute atomic E-state index is 0.107. The summed E-state index contributed by atoms with van der Waals surface area (Å²) in [7, 11) is 0. The van der Waals surface area contributed by atoms with Gasteiger partial charge in [-0.25, -0.2) is 4.79 Å². The SMILES string of the molecule is Cc1ccc(C2=NOC3(CCN(C(=O)Nc4cccc(Cl)c4)CC3)C2)cc1. The summed E-state index contributed by atoms with van der Waals surface area (Å²) in [6.07, 6.45) is 2.34. The van der Waals surface area contributed by atoms with Gasteiger partial charge in [-0.15, -0.1) is 0 Å². The van der Waals surface area contributed by atoms with Crippen molar-refractivity contribution >= 4 is 29.0 Å². The van der Waals surface area contributed by atoms with Gasteiger partial charge >= 0.3 is 6.03 Å². The first-order chi connectivity index (χ1) is 13.0. The van der Waals surface area contributed by atoms with Crippen molar-refractivity contribution in [1.29, 1.82) is 0 Å². The number of hydrogen-bond acceptors (Lipinski definition) is 3. The molecule has 0 unspecified atom stereocenters. The number of benzene rings is 2. The summed E-state index contributed by atoms with van der Waals surface area (Å²) in [5.74, 6) is 0. The van der Waals surface area contributed by atoms with E-state index in [0.717, 1.165) is 30.5 Å². The van der Waals surface area contributed by atoms with E-state index in [1.165, 1.54) is 5.56 Å². The van der Waals surface area contributed by atoms with Crippen LogP contribution in [0, 0.1) is 6.92 Å². The molecular formula is C21H22ClN3O2. The number of anilines is 1. The minimum atomic E-state index is -0.285. The van der Waals surface area contributed by atoms with Crippen molar-refractivity contribution in [3.8, 4) is 0 Å². The van der Waals surface area contributed by atoms with Crippen LogP contribution in [0.4, 0.5) is 10.5 Å². The van der Waals surface area contributed by atoms with Crippen molar-refractivity contribution in [1.82, 2.24) is 4.90 Å². The number of oxime groups is 1. The molecule has 4 rings (SSSR count). The number of carbonyl (C=O) groups excluding carboxylic acids is 1. The number of carbonyl (C=O) groups is 1. The van der Waals surface area contributed by atoms with Crippen LogP contribution in [0.25, 0.3) is 0 Å². The van der Waals surface area contributed by atoms with Gasteiger partial charge in [0.15, 0.2) is 0 Å². The van der Waals surface area contributed by atoms with Crippen LogP contribution in [-0.2, 0) is 4.84 Å². The highest BCUT2D eigenvalue weighted by Crippen LogP contribution is 2.36. The predicted octanol–water partition coefficient (Wildman–Crippen LogP) is 4.84. The van der Waals surface area contributed by atoms with Gasteiger partial charge in [0.1, 0.15) is 5.60 Å². The monoisotopic (exact) mass is 383 g/mol. The molecule has 0 bridgehead atoms. The average molecular weight is 384 g/mol. The Balaban J connectivity index is 1.34. The fourth-order valence-electron chi connectivity index (χ4n) is 3.58. The van der Waals surface area contributed by atoms with E-state index in [1.54, 1.807) is 12.1 Å². The van der Waals surface area contributed by atoms with Crippen LogP contribution >= 0.6 is 11.6 Å². The molecule has 0 atom stereocenters. The van der Waals surface area contributed by atoms with Crippen LogP contribution in [-0.4, -0.2) is 35.3 Å². The van der Waals surface area contributed by atoms with Crippen molar-refractivity contribution in [2.45, 2.75) is 31.8 Å². The zero-order valence-electron chi connectivity index (χ0n) is 15.2. The molecule has 0 saturated carbocycles. The maximum atomic E-state index is 12.5. The summed E-state index contributed by atoms with van der Waals surface area (Å²) in [5, 5.41) is 7.85. The topological polar surface area (TPSA) is 53.9 Å². The van der Waals surface area contributed by atoms with Crippen LogP contribution in [0.3, 0.4) is 0 Å². The first-order valence-electron chi connectivity index (χ1n) is 9.17. The second kappa shape index (κ2) is 7.24. The molecule has 2 amide bonds. The highest BCUT2D eigenvalue weighted by Gasteiger charge is 2.43. The molecule has 0 aromatic heterocycles. The number of aryl methyl sites for hydroxylation is 1. The first-order valence-corrected chi connectivity index (χ1v) is 9.54. The van der Waals surface area contributed by atoms with Crippen LogP contribution in [0.1, 0.15) is 30.4 Å². The number of piperidine rings is 1. The molecule has 1 N–H and O–H groups in total. The highest BCUT2D eigenvalue weighted by atomic mass is 35.5. The Kier molecular flexibility index (Phi) is 4.79. The molecule has 2 heterocycles. The van der Waals surface area contributed by atoms with E-state index in [2.05, 4.69) is 41.7 Å². The Morgan fingerprint density at radius 3 is 2.63 bits per heavy atom. The normalized spacial score (nSPS) is 18.1. The molecule has 2 aromatic carbocycles. The van der Waals surface area contributed by atoms with Gasteiger partial charge in [-0.05, 0) is 30.7 Å². The number of halogens is 1. The molecule has 0 aliphatic carbocycles. The summed E-state index contributed by atoms with van der Waals surface area (Å²) in [6, 6.07) is 15.4. The number of nitrogens with one attached hydrogen (secondary N) is 1. The highest BCUT2D eigenvalue weighted by molar-refractivity contribution is 6.30. The lowest BCUT2D eigenvalue weighted by molar-refractivity contribution is -0.0544. The molecular weight excluding hydrogens is 362 g/mol.